The number of imidazole rings is 1. The Balaban J connectivity index is 1.34. The first-order chi connectivity index (χ1) is 17.8. The second kappa shape index (κ2) is 8.65. The molecule has 5 atom stereocenters. The third-order valence-electron chi connectivity index (χ3n) is 8.63. The first-order valence-electron chi connectivity index (χ1n) is 13.1. The summed E-state index contributed by atoms with van der Waals surface area (Å²) in [5.74, 6) is 1.09. The number of nitrogens with zero attached hydrogens (tertiary/aromatic N) is 5. The van der Waals surface area contributed by atoms with Crippen LogP contribution in [-0.4, -0.2) is 42.9 Å². The Hall–Kier alpha value is -3.80. The first-order valence-corrected chi connectivity index (χ1v) is 13.1. The minimum Gasteiger partial charge on any atom is -0.493 e. The van der Waals surface area contributed by atoms with E-state index in [1.807, 2.05) is 6.07 Å². The number of nitriles is 1. The number of hydrogen-bond donors (Lipinski definition) is 1. The Morgan fingerprint density at radius 3 is 2.70 bits per heavy atom. The van der Waals surface area contributed by atoms with Crippen molar-refractivity contribution in [1.29, 1.82) is 5.26 Å². The van der Waals surface area contributed by atoms with E-state index in [0.717, 1.165) is 19.3 Å². The number of carbonyl (C=O) groups is 1. The Labute approximate surface area is 214 Å². The van der Waals surface area contributed by atoms with Crippen LogP contribution in [0.4, 0.5) is 4.79 Å². The molecule has 1 aromatic carbocycles. The monoisotopic (exact) mass is 501 g/mol. The summed E-state index contributed by atoms with van der Waals surface area (Å²) in [5.41, 5.74) is 0.725. The number of rotatable bonds is 3. The summed E-state index contributed by atoms with van der Waals surface area (Å²) in [6, 6.07) is 8.62. The average Bonchev–Trinajstić information content (AvgIpc) is 3.55. The number of aromatic hydroxyl groups is 1. The van der Waals surface area contributed by atoms with E-state index in [1.165, 1.54) is 10.8 Å². The van der Waals surface area contributed by atoms with Crippen molar-refractivity contribution >= 4 is 16.9 Å². The summed E-state index contributed by atoms with van der Waals surface area (Å²) in [6.07, 6.45) is 4.61. The molecule has 4 heterocycles. The second-order valence-corrected chi connectivity index (χ2v) is 11.2. The molecule has 1 saturated carbocycles. The standard InChI is InChI=1S/C28H31N5O4/c1-15(2)18-9-8-16(3)10-24(18)37-28(36)31-14-17-11-22(31)25-26(34)33(27(35)32(17)25)23-13-30-21(12-29)19-6-4-5-7-20(19)23/h4-7,13,15-18,22,24,34H,8-11,14H2,1-3H3/t16?,17-,18?,22-,24?/m0/s1. The van der Waals surface area contributed by atoms with Crippen molar-refractivity contribution in [2.24, 2.45) is 17.8 Å². The Morgan fingerprint density at radius 2 is 1.97 bits per heavy atom. The van der Waals surface area contributed by atoms with E-state index >= 15 is 0 Å². The molecule has 9 heteroatoms. The van der Waals surface area contributed by atoms with Gasteiger partial charge in [-0.3, -0.25) is 9.47 Å². The molecule has 2 aromatic heterocycles. The van der Waals surface area contributed by atoms with Crippen LogP contribution in [0.5, 0.6) is 5.88 Å². The summed E-state index contributed by atoms with van der Waals surface area (Å²) in [4.78, 5) is 32.9. The van der Waals surface area contributed by atoms with E-state index in [2.05, 4.69) is 31.8 Å². The van der Waals surface area contributed by atoms with Crippen molar-refractivity contribution in [3.8, 4) is 17.6 Å². The van der Waals surface area contributed by atoms with E-state index in [1.54, 1.807) is 27.7 Å². The minimum atomic E-state index is -0.428. The maximum absolute atomic E-state index is 13.6. The highest BCUT2D eigenvalue weighted by molar-refractivity contribution is 5.93. The molecule has 1 N–H and O–H groups in total. The summed E-state index contributed by atoms with van der Waals surface area (Å²) < 4.78 is 8.96. The summed E-state index contributed by atoms with van der Waals surface area (Å²) in [6.45, 7) is 6.94. The molecule has 0 spiro atoms. The number of likely N-dealkylation sites (tertiary alicyclic amines) is 1. The van der Waals surface area contributed by atoms with E-state index < -0.39 is 6.04 Å². The number of carbonyl (C=O) groups excluding carboxylic acids is 1. The zero-order chi connectivity index (χ0) is 26.0. The molecule has 3 unspecified atom stereocenters. The van der Waals surface area contributed by atoms with Gasteiger partial charge in [-0.05, 0) is 37.0 Å². The molecule has 6 rings (SSSR count). The van der Waals surface area contributed by atoms with Crippen LogP contribution in [0.1, 0.15) is 69.9 Å². The van der Waals surface area contributed by atoms with Crippen molar-refractivity contribution in [1.82, 2.24) is 19.0 Å². The van der Waals surface area contributed by atoms with Gasteiger partial charge in [-0.25, -0.2) is 19.1 Å². The molecule has 9 nitrogen and oxygen atoms in total. The van der Waals surface area contributed by atoms with Gasteiger partial charge in [-0.15, -0.1) is 0 Å². The molecule has 2 fully saturated rings. The minimum absolute atomic E-state index is 0.119. The van der Waals surface area contributed by atoms with Crippen LogP contribution in [0.25, 0.3) is 16.5 Å². The van der Waals surface area contributed by atoms with Gasteiger partial charge in [-0.1, -0.05) is 51.5 Å². The number of ether oxygens (including phenoxy) is 1. The molecular formula is C28H31N5O4. The van der Waals surface area contributed by atoms with Crippen molar-refractivity contribution < 1.29 is 14.6 Å². The second-order valence-electron chi connectivity index (χ2n) is 11.2. The van der Waals surface area contributed by atoms with Crippen LogP contribution < -0.4 is 5.69 Å². The topological polar surface area (TPSA) is 113 Å². The van der Waals surface area contributed by atoms with E-state index in [0.29, 0.717) is 52.9 Å². The number of benzene rings is 1. The molecule has 0 radical (unpaired) electrons. The number of amides is 1. The van der Waals surface area contributed by atoms with E-state index in [9.17, 15) is 20.0 Å². The lowest BCUT2D eigenvalue weighted by Gasteiger charge is -2.38. The number of pyridine rings is 1. The van der Waals surface area contributed by atoms with Crippen LogP contribution in [0.3, 0.4) is 0 Å². The fourth-order valence-electron chi connectivity index (χ4n) is 6.76. The Kier molecular flexibility index (Phi) is 5.51. The molecule has 1 amide bonds. The zero-order valence-corrected chi connectivity index (χ0v) is 21.3. The molecule has 3 aromatic rings. The van der Waals surface area contributed by atoms with Gasteiger partial charge in [0.2, 0.25) is 5.88 Å². The van der Waals surface area contributed by atoms with Gasteiger partial charge >= 0.3 is 11.8 Å². The lowest BCUT2D eigenvalue weighted by atomic mass is 9.75. The van der Waals surface area contributed by atoms with Gasteiger partial charge in [0.1, 0.15) is 23.6 Å². The van der Waals surface area contributed by atoms with Crippen molar-refractivity contribution in [3.63, 3.8) is 0 Å². The quantitative estimate of drug-likeness (QED) is 0.558. The highest BCUT2D eigenvalue weighted by Gasteiger charge is 2.50. The van der Waals surface area contributed by atoms with Crippen LogP contribution >= 0.6 is 0 Å². The molecule has 3 aliphatic rings. The van der Waals surface area contributed by atoms with Crippen LogP contribution in [0.15, 0.2) is 35.3 Å². The zero-order valence-electron chi connectivity index (χ0n) is 21.3. The highest BCUT2D eigenvalue weighted by Crippen LogP contribution is 2.49. The Bertz CT molecular complexity index is 1500. The largest absolute Gasteiger partial charge is 0.493 e. The predicted molar refractivity (Wildman–Crippen MR) is 136 cm³/mol. The summed E-state index contributed by atoms with van der Waals surface area (Å²) in [7, 11) is 0. The van der Waals surface area contributed by atoms with Gasteiger partial charge in [0, 0.05) is 17.3 Å². The van der Waals surface area contributed by atoms with Gasteiger partial charge in [0.25, 0.3) is 0 Å². The maximum Gasteiger partial charge on any atom is 0.410 e. The summed E-state index contributed by atoms with van der Waals surface area (Å²) in [5, 5.41) is 22.0. The molecule has 1 aliphatic carbocycles. The normalized spacial score (nSPS) is 26.5. The lowest BCUT2D eigenvalue weighted by molar-refractivity contribution is -0.0133. The summed E-state index contributed by atoms with van der Waals surface area (Å²) >= 11 is 0. The molecule has 2 bridgehead atoms. The number of hydrogen-bond acceptors (Lipinski definition) is 6. The third kappa shape index (κ3) is 3.53. The Morgan fingerprint density at radius 1 is 1.22 bits per heavy atom. The van der Waals surface area contributed by atoms with Gasteiger partial charge < -0.3 is 9.84 Å². The molecular weight excluding hydrogens is 470 g/mol. The fraction of sp³-hybridized carbons (Fsp3) is 0.500. The molecule has 1 saturated heterocycles. The predicted octanol–water partition coefficient (Wildman–Crippen LogP) is 4.66. The van der Waals surface area contributed by atoms with Crippen LogP contribution in [0.2, 0.25) is 0 Å². The first kappa shape index (κ1) is 23.6. The molecule has 192 valence electrons. The van der Waals surface area contributed by atoms with Crippen molar-refractivity contribution in [3.05, 3.63) is 52.3 Å². The van der Waals surface area contributed by atoms with Gasteiger partial charge in [-0.2, -0.15) is 5.26 Å². The van der Waals surface area contributed by atoms with Crippen LogP contribution in [0, 0.1) is 29.1 Å². The van der Waals surface area contributed by atoms with Gasteiger partial charge in [0.05, 0.1) is 24.0 Å². The maximum atomic E-state index is 13.6. The smallest absolute Gasteiger partial charge is 0.410 e. The van der Waals surface area contributed by atoms with E-state index in [4.69, 9.17) is 4.74 Å². The van der Waals surface area contributed by atoms with Crippen molar-refractivity contribution in [2.75, 3.05) is 6.54 Å². The SMILES string of the molecule is CC1CCC(C(C)C)C(OC(=O)N2C[C@@H]3C[C@H]2c2c(O)n(-c4cnc(C#N)c5ccccc45)c(=O)n23)C1. The van der Waals surface area contributed by atoms with Crippen molar-refractivity contribution in [2.45, 2.75) is 64.6 Å². The van der Waals surface area contributed by atoms with E-state index in [-0.39, 0.29) is 35.5 Å². The number of aromatic nitrogens is 3. The molecule has 37 heavy (non-hydrogen) atoms. The fourth-order valence-corrected chi connectivity index (χ4v) is 6.76. The van der Waals surface area contributed by atoms with Crippen LogP contribution in [-0.2, 0) is 4.74 Å². The number of fused-ring (bicyclic) bond motifs is 6. The highest BCUT2D eigenvalue weighted by atomic mass is 16.6. The van der Waals surface area contributed by atoms with Gasteiger partial charge in [0.15, 0.2) is 0 Å². The third-order valence-corrected chi connectivity index (χ3v) is 8.63. The molecule has 2 aliphatic heterocycles. The lowest BCUT2D eigenvalue weighted by Crippen LogP contribution is -2.42. The average molecular weight is 502 g/mol.